The van der Waals surface area contributed by atoms with Gasteiger partial charge in [-0.1, -0.05) is 18.2 Å². The number of para-hydroxylation sites is 1. The lowest BCUT2D eigenvalue weighted by Crippen LogP contribution is -2.27. The maximum absolute atomic E-state index is 5.87. The largest absolute Gasteiger partial charge is 0.460 e. The molecule has 3 nitrogen and oxygen atoms in total. The number of rotatable bonds is 3. The van der Waals surface area contributed by atoms with Crippen LogP contribution in [0.25, 0.3) is 11.0 Å². The molecule has 2 unspecified atom stereocenters. The van der Waals surface area contributed by atoms with Gasteiger partial charge in [-0.05, 0) is 37.9 Å². The number of furan rings is 1. The summed E-state index contributed by atoms with van der Waals surface area (Å²) < 4.78 is 5.87. The van der Waals surface area contributed by atoms with Crippen molar-refractivity contribution >= 4 is 23.4 Å². The molecule has 2 aromatic rings. The molecule has 1 aromatic carbocycles. The van der Waals surface area contributed by atoms with Gasteiger partial charge in [0.15, 0.2) is 0 Å². The van der Waals surface area contributed by atoms with E-state index < -0.39 is 0 Å². The zero-order chi connectivity index (χ0) is 12.5. The van der Waals surface area contributed by atoms with Gasteiger partial charge in [-0.15, -0.1) is 12.4 Å². The van der Waals surface area contributed by atoms with Gasteiger partial charge < -0.3 is 10.2 Å². The maximum atomic E-state index is 5.87. The van der Waals surface area contributed by atoms with Crippen molar-refractivity contribution in [3.63, 3.8) is 0 Å². The van der Waals surface area contributed by atoms with E-state index in [2.05, 4.69) is 24.0 Å². The van der Waals surface area contributed by atoms with Gasteiger partial charge in [0.05, 0.1) is 6.54 Å². The van der Waals surface area contributed by atoms with E-state index in [-0.39, 0.29) is 12.4 Å². The van der Waals surface area contributed by atoms with Crippen molar-refractivity contribution in [1.29, 1.82) is 0 Å². The summed E-state index contributed by atoms with van der Waals surface area (Å²) in [6, 6.07) is 10.9. The Labute approximate surface area is 120 Å². The van der Waals surface area contributed by atoms with Crippen molar-refractivity contribution in [2.45, 2.75) is 25.9 Å². The number of hydrogen-bond donors (Lipinski definition) is 1. The van der Waals surface area contributed by atoms with Crippen molar-refractivity contribution in [3.05, 3.63) is 36.1 Å². The zero-order valence-corrected chi connectivity index (χ0v) is 12.0. The van der Waals surface area contributed by atoms with Crippen LogP contribution in [-0.2, 0) is 6.54 Å². The van der Waals surface area contributed by atoms with E-state index in [0.717, 1.165) is 31.0 Å². The van der Waals surface area contributed by atoms with Gasteiger partial charge in [0, 0.05) is 18.0 Å². The summed E-state index contributed by atoms with van der Waals surface area (Å²) in [5.74, 6) is 1.70. The number of fused-ring (bicyclic) bond motifs is 1. The Kier molecular flexibility index (Phi) is 4.50. The standard InChI is InChI=1S/C15H20N2O.ClH/c1-11-6-12(8-16)9-17(11)10-14-7-13-4-2-3-5-15(13)18-14;/h2-5,7,11-12H,6,8-10,16H2,1H3;1H. The van der Waals surface area contributed by atoms with E-state index in [1.807, 2.05) is 18.2 Å². The molecule has 2 heterocycles. The molecule has 1 aliphatic heterocycles. The molecule has 1 aliphatic rings. The van der Waals surface area contributed by atoms with Crippen molar-refractivity contribution in [2.75, 3.05) is 13.1 Å². The van der Waals surface area contributed by atoms with Crippen molar-refractivity contribution < 1.29 is 4.42 Å². The Bertz CT molecular complexity index is 507. The first-order valence-electron chi connectivity index (χ1n) is 6.68. The third kappa shape index (κ3) is 2.94. The first kappa shape index (κ1) is 14.4. The molecule has 0 amide bonds. The molecule has 0 bridgehead atoms. The minimum absolute atomic E-state index is 0. The number of likely N-dealkylation sites (tertiary alicyclic amines) is 1. The smallest absolute Gasteiger partial charge is 0.134 e. The number of benzene rings is 1. The quantitative estimate of drug-likeness (QED) is 0.940. The molecular formula is C15H21ClN2O. The highest BCUT2D eigenvalue weighted by molar-refractivity contribution is 5.85. The van der Waals surface area contributed by atoms with E-state index >= 15 is 0 Å². The molecule has 1 fully saturated rings. The summed E-state index contributed by atoms with van der Waals surface area (Å²) >= 11 is 0. The average Bonchev–Trinajstić information content (AvgIpc) is 2.93. The van der Waals surface area contributed by atoms with E-state index in [9.17, 15) is 0 Å². The number of nitrogens with zero attached hydrogens (tertiary/aromatic N) is 1. The predicted octanol–water partition coefficient (Wildman–Crippen LogP) is 3.02. The van der Waals surface area contributed by atoms with Crippen LogP contribution >= 0.6 is 12.4 Å². The van der Waals surface area contributed by atoms with Crippen LogP contribution in [0.1, 0.15) is 19.1 Å². The lowest BCUT2D eigenvalue weighted by atomic mass is 10.1. The lowest BCUT2D eigenvalue weighted by molar-refractivity contribution is 0.237. The molecule has 19 heavy (non-hydrogen) atoms. The van der Waals surface area contributed by atoms with Gasteiger partial charge in [-0.25, -0.2) is 0 Å². The van der Waals surface area contributed by atoms with E-state index in [1.165, 1.54) is 11.8 Å². The highest BCUT2D eigenvalue weighted by Gasteiger charge is 2.28. The molecule has 1 aromatic heterocycles. The van der Waals surface area contributed by atoms with Gasteiger partial charge in [-0.2, -0.15) is 0 Å². The van der Waals surface area contributed by atoms with Crippen LogP contribution in [0.3, 0.4) is 0 Å². The van der Waals surface area contributed by atoms with Gasteiger partial charge in [0.2, 0.25) is 0 Å². The Morgan fingerprint density at radius 3 is 2.84 bits per heavy atom. The summed E-state index contributed by atoms with van der Waals surface area (Å²) in [5, 5.41) is 1.19. The van der Waals surface area contributed by atoms with E-state index in [0.29, 0.717) is 12.0 Å². The maximum Gasteiger partial charge on any atom is 0.134 e. The van der Waals surface area contributed by atoms with Crippen LogP contribution in [0, 0.1) is 5.92 Å². The van der Waals surface area contributed by atoms with Crippen LogP contribution in [0.4, 0.5) is 0 Å². The molecule has 3 rings (SSSR count). The molecule has 0 aliphatic carbocycles. The molecule has 2 N–H and O–H groups in total. The number of hydrogen-bond acceptors (Lipinski definition) is 3. The van der Waals surface area contributed by atoms with E-state index in [4.69, 9.17) is 10.2 Å². The van der Waals surface area contributed by atoms with Crippen LogP contribution in [-0.4, -0.2) is 24.0 Å². The van der Waals surface area contributed by atoms with Crippen molar-refractivity contribution in [3.8, 4) is 0 Å². The zero-order valence-electron chi connectivity index (χ0n) is 11.2. The van der Waals surface area contributed by atoms with Crippen LogP contribution in [0.2, 0.25) is 0 Å². The predicted molar refractivity (Wildman–Crippen MR) is 80.5 cm³/mol. The Morgan fingerprint density at radius 1 is 1.37 bits per heavy atom. The molecule has 0 radical (unpaired) electrons. The minimum Gasteiger partial charge on any atom is -0.460 e. The number of halogens is 1. The second-order valence-corrected chi connectivity index (χ2v) is 5.37. The third-order valence-corrected chi connectivity index (χ3v) is 3.96. The molecule has 4 heteroatoms. The fourth-order valence-electron chi connectivity index (χ4n) is 2.92. The highest BCUT2D eigenvalue weighted by atomic mass is 35.5. The molecule has 0 spiro atoms. The van der Waals surface area contributed by atoms with Gasteiger partial charge >= 0.3 is 0 Å². The summed E-state index contributed by atoms with van der Waals surface area (Å²) in [6.45, 7) is 5.06. The fourth-order valence-corrected chi connectivity index (χ4v) is 2.92. The first-order valence-corrected chi connectivity index (χ1v) is 6.68. The first-order chi connectivity index (χ1) is 8.76. The topological polar surface area (TPSA) is 42.4 Å². The summed E-state index contributed by atoms with van der Waals surface area (Å²) in [5.41, 5.74) is 6.74. The van der Waals surface area contributed by atoms with E-state index in [1.54, 1.807) is 0 Å². The third-order valence-electron chi connectivity index (χ3n) is 3.96. The van der Waals surface area contributed by atoms with Gasteiger partial charge in [0.1, 0.15) is 11.3 Å². The average molecular weight is 281 g/mol. The van der Waals surface area contributed by atoms with Gasteiger partial charge in [-0.3, -0.25) is 4.90 Å². The second kappa shape index (κ2) is 5.95. The Balaban J connectivity index is 0.00000133. The molecular weight excluding hydrogens is 260 g/mol. The van der Waals surface area contributed by atoms with Gasteiger partial charge in [0.25, 0.3) is 0 Å². The molecule has 1 saturated heterocycles. The van der Waals surface area contributed by atoms with Crippen molar-refractivity contribution in [2.24, 2.45) is 11.7 Å². The monoisotopic (exact) mass is 280 g/mol. The number of nitrogens with two attached hydrogens (primary N) is 1. The molecule has 104 valence electrons. The van der Waals surface area contributed by atoms with Crippen LogP contribution < -0.4 is 5.73 Å². The molecule has 2 atom stereocenters. The summed E-state index contributed by atoms with van der Waals surface area (Å²) in [7, 11) is 0. The Hall–Kier alpha value is -1.03. The SMILES string of the molecule is CC1CC(CN)CN1Cc1cc2ccccc2o1.Cl. The van der Waals surface area contributed by atoms with Crippen molar-refractivity contribution in [1.82, 2.24) is 4.90 Å². The summed E-state index contributed by atoms with van der Waals surface area (Å²) in [4.78, 5) is 2.47. The highest BCUT2D eigenvalue weighted by Crippen LogP contribution is 2.26. The van der Waals surface area contributed by atoms with Crippen LogP contribution in [0.5, 0.6) is 0 Å². The normalized spacial score (nSPS) is 23.7. The van der Waals surface area contributed by atoms with Crippen LogP contribution in [0.15, 0.2) is 34.7 Å². The fraction of sp³-hybridized carbons (Fsp3) is 0.467. The minimum atomic E-state index is 0. The lowest BCUT2D eigenvalue weighted by Gasteiger charge is -2.19. The molecule has 0 saturated carbocycles. The second-order valence-electron chi connectivity index (χ2n) is 5.37. The Morgan fingerprint density at radius 2 is 2.16 bits per heavy atom. The summed E-state index contributed by atoms with van der Waals surface area (Å²) in [6.07, 6.45) is 1.21.